The molecule has 2 saturated heterocycles. The summed E-state index contributed by atoms with van der Waals surface area (Å²) in [5, 5.41) is 5.39. The van der Waals surface area contributed by atoms with Crippen molar-refractivity contribution in [2.24, 2.45) is 5.41 Å². The van der Waals surface area contributed by atoms with Crippen molar-refractivity contribution in [2.45, 2.75) is 33.1 Å². The summed E-state index contributed by atoms with van der Waals surface area (Å²) < 4.78 is 7.68. The van der Waals surface area contributed by atoms with Crippen molar-refractivity contribution in [3.63, 3.8) is 0 Å². The van der Waals surface area contributed by atoms with Gasteiger partial charge in [-0.25, -0.2) is 9.50 Å². The van der Waals surface area contributed by atoms with E-state index in [0.29, 0.717) is 5.41 Å². The summed E-state index contributed by atoms with van der Waals surface area (Å²) in [7, 11) is 0. The third-order valence-electron chi connectivity index (χ3n) is 6.46. The molecule has 146 valence electrons. The first kappa shape index (κ1) is 18.0. The van der Waals surface area contributed by atoms with Crippen molar-refractivity contribution in [3.05, 3.63) is 46.7 Å². The van der Waals surface area contributed by atoms with E-state index in [0.717, 1.165) is 65.2 Å². The van der Waals surface area contributed by atoms with E-state index in [2.05, 4.69) is 23.0 Å². The highest BCUT2D eigenvalue weighted by molar-refractivity contribution is 6.34. The molecule has 0 amide bonds. The summed E-state index contributed by atoms with van der Waals surface area (Å²) in [6, 6.07) is 8.16. The van der Waals surface area contributed by atoms with Gasteiger partial charge in [-0.2, -0.15) is 5.10 Å². The molecule has 1 aromatic carbocycles. The molecule has 0 unspecified atom stereocenters. The molecule has 3 aromatic rings. The molecule has 28 heavy (non-hydrogen) atoms. The number of aryl methyl sites for hydroxylation is 2. The number of ether oxygens (including phenoxy) is 1. The predicted octanol–water partition coefficient (Wildman–Crippen LogP) is 4.67. The Hall–Kier alpha value is -2.11. The van der Waals surface area contributed by atoms with Crippen molar-refractivity contribution in [1.29, 1.82) is 0 Å². The molecule has 0 N–H and O–H groups in total. The summed E-state index contributed by atoms with van der Waals surface area (Å²) in [5.74, 6) is 1.02. The SMILES string of the molecule is Cc1cccc(-c2c(C)nc(N3CCC4(CCOC4)CC3)c3ccnn23)c1Cl. The molecule has 5 rings (SSSR count). The fourth-order valence-electron chi connectivity index (χ4n) is 4.68. The van der Waals surface area contributed by atoms with Crippen LogP contribution in [0.5, 0.6) is 0 Å². The second kappa shape index (κ2) is 6.75. The highest BCUT2D eigenvalue weighted by Gasteiger charge is 2.38. The lowest BCUT2D eigenvalue weighted by Crippen LogP contribution is -2.41. The molecule has 2 fully saturated rings. The summed E-state index contributed by atoms with van der Waals surface area (Å²) in [5.41, 5.74) is 5.38. The van der Waals surface area contributed by atoms with E-state index in [1.54, 1.807) is 0 Å². The Balaban J connectivity index is 1.56. The van der Waals surface area contributed by atoms with Gasteiger partial charge in [0.15, 0.2) is 5.82 Å². The Morgan fingerprint density at radius 1 is 1.11 bits per heavy atom. The quantitative estimate of drug-likeness (QED) is 0.631. The lowest BCUT2D eigenvalue weighted by Gasteiger charge is -2.39. The number of piperidine rings is 1. The minimum Gasteiger partial charge on any atom is -0.381 e. The van der Waals surface area contributed by atoms with Crippen LogP contribution in [0, 0.1) is 19.3 Å². The van der Waals surface area contributed by atoms with Crippen LogP contribution in [0.3, 0.4) is 0 Å². The van der Waals surface area contributed by atoms with Gasteiger partial charge in [-0.05, 0) is 50.2 Å². The van der Waals surface area contributed by atoms with Gasteiger partial charge in [0.05, 0.1) is 29.2 Å². The zero-order valence-electron chi connectivity index (χ0n) is 16.4. The Labute approximate surface area is 170 Å². The minimum atomic E-state index is 0.386. The Kier molecular flexibility index (Phi) is 4.33. The third-order valence-corrected chi connectivity index (χ3v) is 6.96. The van der Waals surface area contributed by atoms with Gasteiger partial charge >= 0.3 is 0 Å². The average molecular weight is 397 g/mol. The molecule has 4 heterocycles. The molecule has 2 aliphatic rings. The van der Waals surface area contributed by atoms with Crippen LogP contribution in [0.15, 0.2) is 30.5 Å². The summed E-state index contributed by atoms with van der Waals surface area (Å²) >= 11 is 6.63. The predicted molar refractivity (Wildman–Crippen MR) is 112 cm³/mol. The molecule has 0 aliphatic carbocycles. The smallest absolute Gasteiger partial charge is 0.155 e. The Morgan fingerprint density at radius 3 is 2.68 bits per heavy atom. The first-order valence-electron chi connectivity index (χ1n) is 10.0. The van der Waals surface area contributed by atoms with Crippen molar-refractivity contribution < 1.29 is 4.74 Å². The molecule has 0 atom stereocenters. The molecule has 0 saturated carbocycles. The number of halogens is 1. The minimum absolute atomic E-state index is 0.386. The second-order valence-corrected chi connectivity index (χ2v) is 8.60. The van der Waals surface area contributed by atoms with E-state index in [1.807, 2.05) is 35.8 Å². The molecule has 2 aromatic heterocycles. The maximum absolute atomic E-state index is 6.63. The first-order chi connectivity index (χ1) is 13.6. The monoisotopic (exact) mass is 396 g/mol. The van der Waals surface area contributed by atoms with E-state index in [9.17, 15) is 0 Å². The molecule has 1 spiro atoms. The highest BCUT2D eigenvalue weighted by Crippen LogP contribution is 2.41. The fourth-order valence-corrected chi connectivity index (χ4v) is 4.90. The second-order valence-electron chi connectivity index (χ2n) is 8.22. The number of hydrogen-bond donors (Lipinski definition) is 0. The van der Waals surface area contributed by atoms with Crippen LogP contribution in [-0.4, -0.2) is 40.9 Å². The maximum atomic E-state index is 6.63. The zero-order valence-corrected chi connectivity index (χ0v) is 17.2. The molecular formula is C22H25ClN4O. The van der Waals surface area contributed by atoms with E-state index < -0.39 is 0 Å². The number of hydrogen-bond acceptors (Lipinski definition) is 4. The molecule has 2 aliphatic heterocycles. The van der Waals surface area contributed by atoms with Crippen molar-refractivity contribution >= 4 is 22.9 Å². The lowest BCUT2D eigenvalue weighted by molar-refractivity contribution is 0.133. The summed E-state index contributed by atoms with van der Waals surface area (Å²) in [6.45, 7) is 7.94. The number of nitrogens with zero attached hydrogens (tertiary/aromatic N) is 4. The third kappa shape index (κ3) is 2.80. The number of rotatable bonds is 2. The molecule has 0 radical (unpaired) electrons. The van der Waals surface area contributed by atoms with Crippen molar-refractivity contribution in [1.82, 2.24) is 14.6 Å². The van der Waals surface area contributed by atoms with Gasteiger partial charge in [-0.1, -0.05) is 29.8 Å². The largest absolute Gasteiger partial charge is 0.381 e. The number of anilines is 1. The lowest BCUT2D eigenvalue weighted by atomic mass is 9.78. The first-order valence-corrected chi connectivity index (χ1v) is 10.4. The number of aromatic nitrogens is 3. The van der Waals surface area contributed by atoms with Crippen LogP contribution < -0.4 is 4.90 Å². The zero-order chi connectivity index (χ0) is 19.3. The van der Waals surface area contributed by atoms with Gasteiger partial charge in [-0.15, -0.1) is 0 Å². The fraction of sp³-hybridized carbons (Fsp3) is 0.455. The van der Waals surface area contributed by atoms with Gasteiger partial charge in [0.25, 0.3) is 0 Å². The van der Waals surface area contributed by atoms with Gasteiger partial charge in [0.1, 0.15) is 5.52 Å². The topological polar surface area (TPSA) is 42.7 Å². The van der Waals surface area contributed by atoms with Crippen LogP contribution in [0.1, 0.15) is 30.5 Å². The van der Waals surface area contributed by atoms with E-state index in [4.69, 9.17) is 21.3 Å². The molecule has 5 nitrogen and oxygen atoms in total. The van der Waals surface area contributed by atoms with Crippen LogP contribution in [0.2, 0.25) is 5.02 Å². The summed E-state index contributed by atoms with van der Waals surface area (Å²) in [6.07, 6.45) is 5.38. The highest BCUT2D eigenvalue weighted by atomic mass is 35.5. The summed E-state index contributed by atoms with van der Waals surface area (Å²) in [4.78, 5) is 7.45. The van der Waals surface area contributed by atoms with Gasteiger partial charge in [-0.3, -0.25) is 0 Å². The average Bonchev–Trinajstić information content (AvgIpc) is 3.35. The maximum Gasteiger partial charge on any atom is 0.155 e. The Bertz CT molecular complexity index is 1030. The molecule has 6 heteroatoms. The number of fused-ring (bicyclic) bond motifs is 1. The van der Waals surface area contributed by atoms with Gasteiger partial charge < -0.3 is 9.64 Å². The normalized spacial score (nSPS) is 19.0. The van der Waals surface area contributed by atoms with E-state index in [-0.39, 0.29) is 0 Å². The Morgan fingerprint density at radius 2 is 1.93 bits per heavy atom. The van der Waals surface area contributed by atoms with Crippen molar-refractivity contribution in [3.8, 4) is 11.3 Å². The van der Waals surface area contributed by atoms with Crippen LogP contribution in [-0.2, 0) is 4.74 Å². The van der Waals surface area contributed by atoms with Crippen LogP contribution in [0.4, 0.5) is 5.82 Å². The standard InChI is InChI=1S/C22H25ClN4O/c1-15-4-3-5-17(19(15)23)20-16(2)25-21(18-6-10-24-27(18)20)26-11-7-22(8-12-26)9-13-28-14-22/h3-6,10H,7-9,11-14H2,1-2H3. The van der Waals surface area contributed by atoms with Crippen LogP contribution >= 0.6 is 11.6 Å². The van der Waals surface area contributed by atoms with Crippen molar-refractivity contribution in [2.75, 3.05) is 31.2 Å². The molecule has 0 bridgehead atoms. The van der Waals surface area contributed by atoms with E-state index >= 15 is 0 Å². The van der Waals surface area contributed by atoms with Gasteiger partial charge in [0, 0.05) is 25.3 Å². The number of benzene rings is 1. The van der Waals surface area contributed by atoms with Crippen LogP contribution in [0.25, 0.3) is 16.8 Å². The molecular weight excluding hydrogens is 372 g/mol. The van der Waals surface area contributed by atoms with Gasteiger partial charge in [0.2, 0.25) is 0 Å². The van der Waals surface area contributed by atoms with E-state index in [1.165, 1.54) is 19.3 Å².